The molecule has 208 valence electrons. The highest BCUT2D eigenvalue weighted by Gasteiger charge is 2.30. The second kappa shape index (κ2) is 11.0. The van der Waals surface area contributed by atoms with Crippen molar-refractivity contribution in [2.75, 3.05) is 18.5 Å². The molecule has 40 heavy (non-hydrogen) atoms. The van der Waals surface area contributed by atoms with Gasteiger partial charge in [0, 0.05) is 35.8 Å². The van der Waals surface area contributed by atoms with Crippen molar-refractivity contribution in [3.63, 3.8) is 0 Å². The number of anilines is 1. The third-order valence-corrected chi connectivity index (χ3v) is 9.21. The van der Waals surface area contributed by atoms with Crippen LogP contribution < -0.4 is 16.1 Å². The molecule has 0 aliphatic heterocycles. The average molecular weight is 560 g/mol. The maximum absolute atomic E-state index is 13.9. The summed E-state index contributed by atoms with van der Waals surface area (Å²) in [6.07, 6.45) is 1.94. The largest absolute Gasteiger partial charge is 0.456 e. The fraction of sp³-hybridized carbons (Fsp3) is 0.290. The Morgan fingerprint density at radius 1 is 1.05 bits per heavy atom. The van der Waals surface area contributed by atoms with E-state index >= 15 is 0 Å². The summed E-state index contributed by atoms with van der Waals surface area (Å²) in [6, 6.07) is 16.6. The summed E-state index contributed by atoms with van der Waals surface area (Å²) in [6.45, 7) is 9.82. The molecule has 2 aromatic heterocycles. The maximum atomic E-state index is 13.9. The molecule has 1 unspecified atom stereocenters. The van der Waals surface area contributed by atoms with Crippen molar-refractivity contribution in [3.8, 4) is 11.3 Å². The summed E-state index contributed by atoms with van der Waals surface area (Å²) >= 11 is 0. The molecule has 2 heterocycles. The van der Waals surface area contributed by atoms with Crippen LogP contribution in [0.1, 0.15) is 43.5 Å². The van der Waals surface area contributed by atoms with Crippen molar-refractivity contribution in [1.82, 2.24) is 9.78 Å². The van der Waals surface area contributed by atoms with Crippen LogP contribution in [0.25, 0.3) is 33.2 Å². The van der Waals surface area contributed by atoms with Gasteiger partial charge in [-0.25, -0.2) is 0 Å². The number of hydrogen-bond donors (Lipinski definition) is 1. The van der Waals surface area contributed by atoms with Crippen LogP contribution in [0, 0.1) is 13.8 Å². The number of aryl methyl sites for hydroxylation is 2. The lowest BCUT2D eigenvalue weighted by molar-refractivity contribution is 0.230. The van der Waals surface area contributed by atoms with Gasteiger partial charge in [-0.1, -0.05) is 18.2 Å². The zero-order chi connectivity index (χ0) is 28.6. The van der Waals surface area contributed by atoms with Crippen molar-refractivity contribution in [2.24, 2.45) is 7.05 Å². The third kappa shape index (κ3) is 4.99. The van der Waals surface area contributed by atoms with Crippen molar-refractivity contribution in [3.05, 3.63) is 87.7 Å². The standard InChI is InChI=1S/C31H34N3O5P/c1-7-37-40(36,38-8-2)27-12-10-9-11-25(27)32-21(5)28-19(3)13-16-26-29(28)30(35)20(4)31(39-26)22-14-15-24-23(17-22)18-34(6)33-24/h9-18,21,32H,7-8H2,1-6H3. The van der Waals surface area contributed by atoms with Crippen LogP contribution in [-0.4, -0.2) is 23.0 Å². The summed E-state index contributed by atoms with van der Waals surface area (Å²) in [5.41, 5.74) is 5.04. The maximum Gasteiger partial charge on any atom is 0.363 e. The number of nitrogens with one attached hydrogen (secondary N) is 1. The summed E-state index contributed by atoms with van der Waals surface area (Å²) < 4.78 is 33.0. The Morgan fingerprint density at radius 3 is 2.50 bits per heavy atom. The molecular weight excluding hydrogens is 525 g/mol. The van der Waals surface area contributed by atoms with Crippen molar-refractivity contribution >= 4 is 40.5 Å². The molecule has 0 aliphatic carbocycles. The Morgan fingerprint density at radius 2 is 1.77 bits per heavy atom. The summed E-state index contributed by atoms with van der Waals surface area (Å²) in [5.74, 6) is 0.540. The van der Waals surface area contributed by atoms with Crippen LogP contribution in [0.15, 0.2) is 70.0 Å². The second-order valence-corrected chi connectivity index (χ2v) is 11.8. The topological polar surface area (TPSA) is 95.6 Å². The van der Waals surface area contributed by atoms with Crippen molar-refractivity contribution in [2.45, 2.75) is 40.7 Å². The number of para-hydroxylation sites is 1. The molecule has 0 saturated heterocycles. The Kier molecular flexibility index (Phi) is 7.69. The van der Waals surface area contributed by atoms with Gasteiger partial charge >= 0.3 is 7.60 Å². The molecule has 0 saturated carbocycles. The number of hydrogen-bond acceptors (Lipinski definition) is 7. The number of rotatable bonds is 9. The number of aromatic nitrogens is 2. The van der Waals surface area contributed by atoms with Gasteiger partial charge in [0.1, 0.15) is 11.3 Å². The predicted molar refractivity (Wildman–Crippen MR) is 161 cm³/mol. The zero-order valence-corrected chi connectivity index (χ0v) is 24.5. The molecule has 8 nitrogen and oxygen atoms in total. The van der Waals surface area contributed by atoms with Crippen molar-refractivity contribution in [1.29, 1.82) is 0 Å². The van der Waals surface area contributed by atoms with Crippen LogP contribution in [-0.2, 0) is 20.7 Å². The molecule has 0 bridgehead atoms. The van der Waals surface area contributed by atoms with Gasteiger partial charge in [0.15, 0.2) is 5.43 Å². The SMILES string of the molecule is CCOP(=O)(OCC)c1ccccc1NC(C)c1c(C)ccc2oc(-c3ccc4nn(C)cc4c3)c(C)c(=O)c12. The molecule has 0 spiro atoms. The monoisotopic (exact) mass is 559 g/mol. The van der Waals surface area contributed by atoms with Gasteiger partial charge in [-0.3, -0.25) is 14.0 Å². The van der Waals surface area contributed by atoms with E-state index in [0.717, 1.165) is 27.6 Å². The van der Waals surface area contributed by atoms with E-state index in [9.17, 15) is 9.36 Å². The zero-order valence-electron chi connectivity index (χ0n) is 23.6. The normalized spacial score (nSPS) is 12.8. The Labute approximate surface area is 233 Å². The van der Waals surface area contributed by atoms with Crippen LogP contribution in [0.3, 0.4) is 0 Å². The second-order valence-electron chi connectivity index (χ2n) is 9.85. The van der Waals surface area contributed by atoms with Gasteiger partial charge in [-0.2, -0.15) is 5.10 Å². The molecule has 0 aliphatic rings. The first-order chi connectivity index (χ1) is 19.2. The van der Waals surface area contributed by atoms with Crippen molar-refractivity contribution < 1.29 is 18.0 Å². The minimum Gasteiger partial charge on any atom is -0.456 e. The van der Waals surface area contributed by atoms with E-state index in [1.165, 1.54) is 0 Å². The summed E-state index contributed by atoms with van der Waals surface area (Å²) in [7, 11) is -1.66. The fourth-order valence-corrected chi connectivity index (χ4v) is 7.02. The first-order valence-corrected chi connectivity index (χ1v) is 15.0. The summed E-state index contributed by atoms with van der Waals surface area (Å²) in [5, 5.41) is 9.87. The molecule has 5 rings (SSSR count). The quantitative estimate of drug-likeness (QED) is 0.194. The number of nitrogens with zero attached hydrogens (tertiary/aromatic N) is 2. The molecule has 0 fully saturated rings. The van der Waals surface area contributed by atoms with Gasteiger partial charge in [-0.15, -0.1) is 0 Å². The van der Waals surface area contributed by atoms with Crippen LogP contribution >= 0.6 is 7.60 Å². The van der Waals surface area contributed by atoms with E-state index in [0.29, 0.717) is 33.3 Å². The van der Waals surface area contributed by atoms with Gasteiger partial charge in [-0.05, 0) is 82.1 Å². The molecule has 0 radical (unpaired) electrons. The minimum atomic E-state index is -3.54. The number of fused-ring (bicyclic) bond motifs is 2. The third-order valence-electron chi connectivity index (χ3n) is 7.03. The highest BCUT2D eigenvalue weighted by molar-refractivity contribution is 7.62. The molecular formula is C31H34N3O5P. The van der Waals surface area contributed by atoms with Crippen LogP contribution in [0.4, 0.5) is 5.69 Å². The number of benzene rings is 3. The first-order valence-electron chi connectivity index (χ1n) is 13.4. The van der Waals surface area contributed by atoms with E-state index in [-0.39, 0.29) is 24.7 Å². The van der Waals surface area contributed by atoms with Gasteiger partial charge in [0.25, 0.3) is 0 Å². The average Bonchev–Trinajstić information content (AvgIpc) is 3.30. The molecule has 9 heteroatoms. The fourth-order valence-electron chi connectivity index (χ4n) is 5.28. The molecule has 5 aromatic rings. The first kappa shape index (κ1) is 27.8. The lowest BCUT2D eigenvalue weighted by atomic mass is 9.95. The van der Waals surface area contributed by atoms with Gasteiger partial charge < -0.3 is 18.8 Å². The summed E-state index contributed by atoms with van der Waals surface area (Å²) in [4.78, 5) is 13.9. The van der Waals surface area contributed by atoms with E-state index in [1.54, 1.807) is 37.6 Å². The van der Waals surface area contributed by atoms with E-state index in [2.05, 4.69) is 10.4 Å². The lowest BCUT2D eigenvalue weighted by Gasteiger charge is -2.24. The van der Waals surface area contributed by atoms with Crippen LogP contribution in [0.5, 0.6) is 0 Å². The Balaban J connectivity index is 1.60. The lowest BCUT2D eigenvalue weighted by Crippen LogP contribution is -2.20. The predicted octanol–water partition coefficient (Wildman–Crippen LogP) is 7.03. The smallest absolute Gasteiger partial charge is 0.363 e. The molecule has 3 aromatic carbocycles. The van der Waals surface area contributed by atoms with Crippen LogP contribution in [0.2, 0.25) is 0 Å². The van der Waals surface area contributed by atoms with Gasteiger partial charge in [0.05, 0.1) is 35.1 Å². The molecule has 1 N–H and O–H groups in total. The minimum absolute atomic E-state index is 0.0857. The molecule has 1 atom stereocenters. The Bertz CT molecular complexity index is 1810. The highest BCUT2D eigenvalue weighted by Crippen LogP contribution is 2.49. The highest BCUT2D eigenvalue weighted by atomic mass is 31.2. The van der Waals surface area contributed by atoms with E-state index in [4.69, 9.17) is 13.5 Å². The van der Waals surface area contributed by atoms with E-state index < -0.39 is 7.60 Å². The molecule has 0 amide bonds. The Hall–Kier alpha value is -3.71. The van der Waals surface area contributed by atoms with E-state index in [1.807, 2.05) is 69.6 Å². The van der Waals surface area contributed by atoms with Gasteiger partial charge in [0.2, 0.25) is 0 Å².